The summed E-state index contributed by atoms with van der Waals surface area (Å²) in [4.78, 5) is 15.6. The van der Waals surface area contributed by atoms with Gasteiger partial charge in [0.25, 0.3) is 5.56 Å². The fraction of sp³-hybridized carbons (Fsp3) is 0.448. The first-order valence-electron chi connectivity index (χ1n) is 14.1. The molecule has 1 aliphatic rings. The van der Waals surface area contributed by atoms with Crippen LogP contribution in [0.3, 0.4) is 0 Å². The summed E-state index contributed by atoms with van der Waals surface area (Å²) in [6.45, 7) is 3.72. The third kappa shape index (κ3) is 6.50. The maximum atomic E-state index is 13.5. The van der Waals surface area contributed by atoms with Gasteiger partial charge in [-0.2, -0.15) is 4.52 Å². The number of fused-ring (bicyclic) bond motifs is 1. The van der Waals surface area contributed by atoms with E-state index in [2.05, 4.69) is 25.0 Å². The summed E-state index contributed by atoms with van der Waals surface area (Å²) in [7, 11) is -4.04. The number of aryl methyl sites for hydroxylation is 1. The largest absolute Gasteiger partial charge is 0.493 e. The number of hydrogen-bond acceptors (Lipinski definition) is 8. The van der Waals surface area contributed by atoms with E-state index in [1.165, 1.54) is 16.6 Å². The van der Waals surface area contributed by atoms with Crippen LogP contribution in [0.5, 0.6) is 5.75 Å². The van der Waals surface area contributed by atoms with Crippen LogP contribution in [0.1, 0.15) is 69.7 Å². The van der Waals surface area contributed by atoms with Gasteiger partial charge in [0.2, 0.25) is 15.7 Å². The van der Waals surface area contributed by atoms with Gasteiger partial charge < -0.3 is 14.8 Å². The second kappa shape index (κ2) is 12.5. The molecule has 11 nitrogen and oxygen atoms in total. The normalized spacial score (nSPS) is 15.8. The van der Waals surface area contributed by atoms with Gasteiger partial charge in [-0.15, -0.1) is 15.3 Å². The summed E-state index contributed by atoms with van der Waals surface area (Å²) in [6.07, 6.45) is 5.09. The molecule has 0 saturated heterocycles. The molecule has 41 heavy (non-hydrogen) atoms. The van der Waals surface area contributed by atoms with Crippen molar-refractivity contribution in [1.82, 2.24) is 29.5 Å². The lowest BCUT2D eigenvalue weighted by molar-refractivity contribution is 0.150. The van der Waals surface area contributed by atoms with E-state index in [0.717, 1.165) is 37.7 Å². The van der Waals surface area contributed by atoms with Gasteiger partial charge in [-0.25, -0.2) is 13.1 Å². The van der Waals surface area contributed by atoms with Gasteiger partial charge in [0.05, 0.1) is 23.2 Å². The number of sulfonamides is 1. The van der Waals surface area contributed by atoms with E-state index in [9.17, 15) is 18.3 Å². The van der Waals surface area contributed by atoms with E-state index < -0.39 is 27.7 Å². The zero-order valence-corrected chi connectivity index (χ0v) is 24.1. The van der Waals surface area contributed by atoms with Crippen LogP contribution >= 0.6 is 0 Å². The fourth-order valence-electron chi connectivity index (χ4n) is 5.36. The molecule has 2 aromatic carbocycles. The number of H-pyrrole nitrogens is 1. The molecule has 2 aromatic heterocycles. The molecule has 0 aliphatic heterocycles. The average Bonchev–Trinajstić information content (AvgIpc) is 3.64. The van der Waals surface area contributed by atoms with E-state index in [1.54, 1.807) is 13.0 Å². The molecule has 12 heteroatoms. The minimum Gasteiger partial charge on any atom is -0.493 e. The van der Waals surface area contributed by atoms with Gasteiger partial charge in [-0.05, 0) is 69.7 Å². The molecule has 4 aromatic rings. The number of rotatable bonds is 12. The lowest BCUT2D eigenvalue weighted by Crippen LogP contribution is -2.42. The van der Waals surface area contributed by atoms with Crippen LogP contribution in [0.2, 0.25) is 0 Å². The third-order valence-corrected chi connectivity index (χ3v) is 9.04. The van der Waals surface area contributed by atoms with Crippen molar-refractivity contribution >= 4 is 15.7 Å². The Hall–Kier alpha value is -3.61. The fourth-order valence-corrected chi connectivity index (χ4v) is 6.73. The molecule has 0 bridgehead atoms. The number of nitrogens with zero attached hydrogens (tertiary/aromatic N) is 4. The molecule has 3 N–H and O–H groups in total. The van der Waals surface area contributed by atoms with Crippen LogP contribution in [-0.2, 0) is 16.4 Å². The summed E-state index contributed by atoms with van der Waals surface area (Å²) in [5.41, 5.74) is 1.08. The van der Waals surface area contributed by atoms with Gasteiger partial charge in [-0.3, -0.25) is 4.79 Å². The van der Waals surface area contributed by atoms with Crippen molar-refractivity contribution in [3.05, 3.63) is 70.3 Å². The number of ether oxygens (including phenoxy) is 1. The predicted octanol–water partition coefficient (Wildman–Crippen LogP) is 3.59. The molecule has 0 radical (unpaired) electrons. The number of nitrogens with one attached hydrogen (secondary N) is 2. The topological polar surface area (TPSA) is 152 Å². The molecule has 2 heterocycles. The third-order valence-electron chi connectivity index (χ3n) is 7.55. The van der Waals surface area contributed by atoms with E-state index in [4.69, 9.17) is 4.74 Å². The van der Waals surface area contributed by atoms with E-state index in [1.807, 2.05) is 37.3 Å². The van der Waals surface area contributed by atoms with Crippen LogP contribution < -0.4 is 15.0 Å². The van der Waals surface area contributed by atoms with Crippen molar-refractivity contribution in [3.63, 3.8) is 0 Å². The first-order valence-corrected chi connectivity index (χ1v) is 15.6. The molecule has 1 aliphatic carbocycles. The molecule has 218 valence electrons. The van der Waals surface area contributed by atoms with Crippen molar-refractivity contribution in [2.24, 2.45) is 0 Å². The van der Waals surface area contributed by atoms with E-state index >= 15 is 0 Å². The van der Waals surface area contributed by atoms with E-state index in [-0.39, 0.29) is 22.3 Å². The highest BCUT2D eigenvalue weighted by Crippen LogP contribution is 2.34. The highest BCUT2D eigenvalue weighted by Gasteiger charge is 2.27. The number of aromatic amines is 1. The number of hydrogen-bond donors (Lipinski definition) is 3. The lowest BCUT2D eigenvalue weighted by atomic mass is 10.0. The van der Waals surface area contributed by atoms with E-state index in [0.29, 0.717) is 36.6 Å². The van der Waals surface area contributed by atoms with Gasteiger partial charge >= 0.3 is 0 Å². The Morgan fingerprint density at radius 3 is 2.61 bits per heavy atom. The second-order valence-corrected chi connectivity index (χ2v) is 12.2. The standard InChI is InChI=1S/C29H36N6O5S/c1-3-40-25-17-16-22(41(38,39)34-24(19(2)36)15-9-12-20-10-5-4-6-11-20)18-23(25)26-30-29(37)28-32-31-27(35(28)33-26)21-13-7-8-14-21/h4-6,10-11,16-19,21,24,34,36H,3,7-9,12-15H2,1-2H3,(H,30,33,37). The number of aliphatic hydroxyl groups is 1. The number of aliphatic hydroxyl groups excluding tert-OH is 1. The zero-order valence-electron chi connectivity index (χ0n) is 23.3. The SMILES string of the molecule is CCOc1ccc(S(=O)(=O)NC(CCCc2ccccc2)C(C)O)cc1-c1nn2c(C3CCCC3)nnc2c(=O)[nH]1. The van der Waals surface area contributed by atoms with Crippen LogP contribution in [-0.4, -0.2) is 57.1 Å². The van der Waals surface area contributed by atoms with Gasteiger partial charge in [0, 0.05) is 12.0 Å². The summed E-state index contributed by atoms with van der Waals surface area (Å²) >= 11 is 0. The first-order chi connectivity index (χ1) is 19.8. The van der Waals surface area contributed by atoms with Crippen molar-refractivity contribution in [1.29, 1.82) is 0 Å². The Morgan fingerprint density at radius 2 is 1.90 bits per heavy atom. The maximum absolute atomic E-state index is 13.5. The smallest absolute Gasteiger partial charge is 0.296 e. The van der Waals surface area contributed by atoms with Crippen LogP contribution in [0.25, 0.3) is 17.0 Å². The molecule has 2 unspecified atom stereocenters. The Kier molecular flexibility index (Phi) is 8.81. The lowest BCUT2D eigenvalue weighted by Gasteiger charge is -2.22. The molecule has 1 fully saturated rings. The van der Waals surface area contributed by atoms with Crippen molar-refractivity contribution in [3.8, 4) is 17.1 Å². The Bertz CT molecular complexity index is 1650. The van der Waals surface area contributed by atoms with Crippen LogP contribution in [0, 0.1) is 0 Å². The Morgan fingerprint density at radius 1 is 1.15 bits per heavy atom. The molecule has 2 atom stereocenters. The maximum Gasteiger partial charge on any atom is 0.296 e. The number of benzene rings is 2. The summed E-state index contributed by atoms with van der Waals surface area (Å²) < 4.78 is 37.0. The highest BCUT2D eigenvalue weighted by molar-refractivity contribution is 7.89. The predicted molar refractivity (Wildman–Crippen MR) is 154 cm³/mol. The molecule has 1 saturated carbocycles. The summed E-state index contributed by atoms with van der Waals surface area (Å²) in [6, 6.07) is 13.7. The molecular weight excluding hydrogens is 544 g/mol. The first kappa shape index (κ1) is 28.9. The minimum atomic E-state index is -4.04. The number of aromatic nitrogens is 5. The van der Waals surface area contributed by atoms with Gasteiger partial charge in [0.1, 0.15) is 5.75 Å². The van der Waals surface area contributed by atoms with Crippen LogP contribution in [0.15, 0.2) is 58.2 Å². The zero-order chi connectivity index (χ0) is 29.0. The monoisotopic (exact) mass is 580 g/mol. The second-order valence-electron chi connectivity index (χ2n) is 10.5. The molecule has 0 spiro atoms. The molecule has 5 rings (SSSR count). The quantitative estimate of drug-likeness (QED) is 0.230. The molecular formula is C29H36N6O5S. The minimum absolute atomic E-state index is 0.0350. The Labute approximate surface area is 239 Å². The van der Waals surface area contributed by atoms with Gasteiger partial charge in [-0.1, -0.05) is 43.2 Å². The van der Waals surface area contributed by atoms with Crippen molar-refractivity contribution in [2.45, 2.75) is 81.8 Å². The highest BCUT2D eigenvalue weighted by atomic mass is 32.2. The van der Waals surface area contributed by atoms with Crippen molar-refractivity contribution < 1.29 is 18.3 Å². The summed E-state index contributed by atoms with van der Waals surface area (Å²) in [5, 5.41) is 23.3. The Balaban J connectivity index is 1.45. The van der Waals surface area contributed by atoms with Crippen LogP contribution in [0.4, 0.5) is 0 Å². The van der Waals surface area contributed by atoms with Gasteiger partial charge in [0.15, 0.2) is 11.6 Å². The summed E-state index contributed by atoms with van der Waals surface area (Å²) in [5.74, 6) is 1.31. The molecule has 0 amide bonds. The average molecular weight is 581 g/mol. The van der Waals surface area contributed by atoms with Crippen molar-refractivity contribution in [2.75, 3.05) is 6.61 Å².